The van der Waals surface area contributed by atoms with Crippen molar-refractivity contribution in [2.75, 3.05) is 6.61 Å². The summed E-state index contributed by atoms with van der Waals surface area (Å²) in [4.78, 5) is 26.4. The van der Waals surface area contributed by atoms with Crippen LogP contribution >= 0.6 is 0 Å². The quantitative estimate of drug-likeness (QED) is 0.227. The molecule has 0 spiro atoms. The molecular formula is C35H36N2O6. The number of ether oxygens (including phenoxy) is 4. The van der Waals surface area contributed by atoms with Gasteiger partial charge in [-0.2, -0.15) is 0 Å². The second-order valence-corrected chi connectivity index (χ2v) is 10.3. The van der Waals surface area contributed by atoms with Crippen LogP contribution in [0.1, 0.15) is 22.3 Å². The van der Waals surface area contributed by atoms with E-state index in [2.05, 4.69) is 10.6 Å². The number of alkyl carbamates (subject to hydrolysis) is 1. The lowest BCUT2D eigenvalue weighted by molar-refractivity contribution is -0.159. The Labute approximate surface area is 251 Å². The highest BCUT2D eigenvalue weighted by atomic mass is 16.6. The van der Waals surface area contributed by atoms with E-state index in [0.717, 1.165) is 22.3 Å². The van der Waals surface area contributed by atoms with E-state index < -0.39 is 36.3 Å². The van der Waals surface area contributed by atoms with Gasteiger partial charge in [-0.15, -0.1) is 0 Å². The maximum absolute atomic E-state index is 13.5. The van der Waals surface area contributed by atoms with Gasteiger partial charge in [-0.3, -0.25) is 4.79 Å². The normalized spacial score (nSPS) is 19.8. The Morgan fingerprint density at radius 2 is 1.05 bits per heavy atom. The van der Waals surface area contributed by atoms with Crippen LogP contribution in [0.15, 0.2) is 121 Å². The van der Waals surface area contributed by atoms with Gasteiger partial charge in [-0.05, 0) is 22.3 Å². The Morgan fingerprint density at radius 1 is 0.605 bits per heavy atom. The van der Waals surface area contributed by atoms with Crippen molar-refractivity contribution in [2.24, 2.45) is 0 Å². The smallest absolute Gasteiger partial charge is 0.408 e. The van der Waals surface area contributed by atoms with Crippen LogP contribution in [-0.2, 0) is 50.2 Å². The lowest BCUT2D eigenvalue weighted by Gasteiger charge is -2.42. The second kappa shape index (κ2) is 15.7. The van der Waals surface area contributed by atoms with Crippen LogP contribution in [0.4, 0.5) is 4.79 Å². The van der Waals surface area contributed by atoms with E-state index in [9.17, 15) is 9.59 Å². The first-order chi connectivity index (χ1) is 21.2. The monoisotopic (exact) mass is 580 g/mol. The molecule has 1 aliphatic rings. The molecule has 0 saturated carbocycles. The molecule has 4 atom stereocenters. The molecular weight excluding hydrogens is 544 g/mol. The fourth-order valence-electron chi connectivity index (χ4n) is 4.91. The molecule has 222 valence electrons. The number of amides is 2. The summed E-state index contributed by atoms with van der Waals surface area (Å²) in [5, 5.41) is 5.74. The molecule has 0 bridgehead atoms. The van der Waals surface area contributed by atoms with Crippen molar-refractivity contribution in [1.82, 2.24) is 10.6 Å². The van der Waals surface area contributed by atoms with Gasteiger partial charge < -0.3 is 29.6 Å². The van der Waals surface area contributed by atoms with E-state index in [1.165, 1.54) is 0 Å². The van der Waals surface area contributed by atoms with Crippen molar-refractivity contribution < 1.29 is 28.5 Å². The highest BCUT2D eigenvalue weighted by Crippen LogP contribution is 2.23. The zero-order chi connectivity index (χ0) is 29.7. The van der Waals surface area contributed by atoms with E-state index in [-0.39, 0.29) is 26.4 Å². The van der Waals surface area contributed by atoms with Gasteiger partial charge >= 0.3 is 6.09 Å². The molecule has 5 rings (SSSR count). The Balaban J connectivity index is 1.34. The highest BCUT2D eigenvalue weighted by molar-refractivity contribution is 5.87. The molecule has 4 aromatic carbocycles. The van der Waals surface area contributed by atoms with Crippen molar-refractivity contribution in [3.63, 3.8) is 0 Å². The van der Waals surface area contributed by atoms with Gasteiger partial charge in [0.25, 0.3) is 0 Å². The molecule has 8 heteroatoms. The van der Waals surface area contributed by atoms with E-state index in [1.54, 1.807) is 0 Å². The van der Waals surface area contributed by atoms with Crippen LogP contribution < -0.4 is 10.6 Å². The van der Waals surface area contributed by atoms with Crippen molar-refractivity contribution in [1.29, 1.82) is 0 Å². The summed E-state index contributed by atoms with van der Waals surface area (Å²) >= 11 is 0. The predicted molar refractivity (Wildman–Crippen MR) is 162 cm³/mol. The third-order valence-corrected chi connectivity index (χ3v) is 7.12. The van der Waals surface area contributed by atoms with Gasteiger partial charge in [0.2, 0.25) is 5.91 Å². The van der Waals surface area contributed by atoms with E-state index in [0.29, 0.717) is 6.61 Å². The summed E-state index contributed by atoms with van der Waals surface area (Å²) in [5.41, 5.74) is 3.75. The highest BCUT2D eigenvalue weighted by Gasteiger charge is 2.47. The molecule has 1 saturated heterocycles. The van der Waals surface area contributed by atoms with Crippen molar-refractivity contribution in [2.45, 2.75) is 50.7 Å². The van der Waals surface area contributed by atoms with Crippen molar-refractivity contribution in [3.05, 3.63) is 144 Å². The third kappa shape index (κ3) is 8.99. The molecule has 1 aliphatic heterocycles. The zero-order valence-electron chi connectivity index (χ0n) is 23.8. The molecule has 43 heavy (non-hydrogen) atoms. The first-order valence-electron chi connectivity index (χ1n) is 14.4. The summed E-state index contributed by atoms with van der Waals surface area (Å²) < 4.78 is 24.3. The average Bonchev–Trinajstić information content (AvgIpc) is 3.05. The van der Waals surface area contributed by atoms with Crippen molar-refractivity contribution in [3.8, 4) is 0 Å². The molecule has 2 N–H and O–H groups in total. The van der Waals surface area contributed by atoms with E-state index in [1.807, 2.05) is 121 Å². The first kappa shape index (κ1) is 30.0. The topological polar surface area (TPSA) is 95.1 Å². The Kier molecular flexibility index (Phi) is 10.9. The number of nitrogens with one attached hydrogen (secondary N) is 2. The molecule has 1 fully saturated rings. The minimum absolute atomic E-state index is 0.0699. The Morgan fingerprint density at radius 3 is 1.56 bits per heavy atom. The zero-order valence-corrected chi connectivity index (χ0v) is 23.8. The Hall–Kier alpha value is -4.50. The van der Waals surface area contributed by atoms with Gasteiger partial charge in [0.15, 0.2) is 0 Å². The number of piperidine rings is 1. The Bertz CT molecular complexity index is 1410. The summed E-state index contributed by atoms with van der Waals surface area (Å²) in [6, 6.07) is 37.0. The largest absolute Gasteiger partial charge is 0.445 e. The van der Waals surface area contributed by atoms with Gasteiger partial charge in [0, 0.05) is 0 Å². The van der Waals surface area contributed by atoms with Gasteiger partial charge in [-0.1, -0.05) is 121 Å². The summed E-state index contributed by atoms with van der Waals surface area (Å²) in [6.45, 7) is 1.14. The molecule has 8 nitrogen and oxygen atoms in total. The lowest BCUT2D eigenvalue weighted by atomic mass is 9.93. The fraction of sp³-hybridized carbons (Fsp3) is 0.257. The number of rotatable bonds is 13. The van der Waals surface area contributed by atoms with Crippen molar-refractivity contribution >= 4 is 12.0 Å². The van der Waals surface area contributed by atoms with Crippen LogP contribution in [0.25, 0.3) is 0 Å². The molecule has 2 amide bonds. The standard InChI is InChI=1S/C35H36N2O6/c38-34-31(37-35(39)43-24-29-19-11-4-12-20-29)33(42-23-28-17-9-3-10-18-28)32(41-22-27-15-7-2-8-16-27)30(36-34)25-40-21-26-13-5-1-6-14-26/h1-20,30-33H,21-25H2,(H,36,38)(H,37,39)/t30-,31-,32-,33-/m1/s1. The summed E-state index contributed by atoms with van der Waals surface area (Å²) in [5.74, 6) is -0.400. The number of carbonyl (C=O) groups is 2. The van der Waals surface area contributed by atoms with Crippen LogP contribution in [0.3, 0.4) is 0 Å². The fourth-order valence-corrected chi connectivity index (χ4v) is 4.91. The SMILES string of the molecule is O=C(N[C@H]1C(=O)N[C@H](COCc2ccccc2)[C@@H](OCc2ccccc2)[C@@H]1OCc1ccccc1)OCc1ccccc1. The molecule has 1 heterocycles. The molecule has 0 aliphatic carbocycles. The first-order valence-corrected chi connectivity index (χ1v) is 14.4. The van der Waals surface area contributed by atoms with Crippen LogP contribution in [0.2, 0.25) is 0 Å². The van der Waals surface area contributed by atoms with E-state index in [4.69, 9.17) is 18.9 Å². The lowest BCUT2D eigenvalue weighted by Crippen LogP contribution is -2.69. The number of hydrogen-bond donors (Lipinski definition) is 2. The van der Waals surface area contributed by atoms with Gasteiger partial charge in [0.05, 0.1) is 32.5 Å². The molecule has 0 aromatic heterocycles. The van der Waals surface area contributed by atoms with Crippen LogP contribution in [-0.4, -0.2) is 42.9 Å². The maximum Gasteiger partial charge on any atom is 0.408 e. The average molecular weight is 581 g/mol. The summed E-state index contributed by atoms with van der Waals surface area (Å²) in [6.07, 6.45) is -2.19. The second-order valence-electron chi connectivity index (χ2n) is 10.3. The molecule has 4 aromatic rings. The number of carbonyl (C=O) groups excluding carboxylic acids is 2. The maximum atomic E-state index is 13.5. The summed E-state index contributed by atoms with van der Waals surface area (Å²) in [7, 11) is 0. The third-order valence-electron chi connectivity index (χ3n) is 7.12. The molecule has 0 unspecified atom stereocenters. The van der Waals surface area contributed by atoms with E-state index >= 15 is 0 Å². The number of hydrogen-bond acceptors (Lipinski definition) is 6. The molecule has 0 radical (unpaired) electrons. The number of benzene rings is 4. The van der Waals surface area contributed by atoms with Crippen LogP contribution in [0.5, 0.6) is 0 Å². The minimum atomic E-state index is -1.06. The van der Waals surface area contributed by atoms with Crippen LogP contribution in [0, 0.1) is 0 Å². The minimum Gasteiger partial charge on any atom is -0.445 e. The predicted octanol–water partition coefficient (Wildman–Crippen LogP) is 5.17. The van der Waals surface area contributed by atoms with Gasteiger partial charge in [-0.25, -0.2) is 4.79 Å². The van der Waals surface area contributed by atoms with Gasteiger partial charge in [0.1, 0.15) is 24.9 Å².